The SMILES string of the molecule is N#Cc1ccc(S)c(CBr)c1C(=O)O. The van der Waals surface area contributed by atoms with Gasteiger partial charge >= 0.3 is 5.97 Å². The summed E-state index contributed by atoms with van der Waals surface area (Å²) in [5.41, 5.74) is 0.710. The molecule has 1 rings (SSSR count). The molecule has 0 saturated heterocycles. The Bertz CT molecular complexity index is 426. The van der Waals surface area contributed by atoms with Crippen LogP contribution in [0.3, 0.4) is 0 Å². The molecule has 0 amide bonds. The molecule has 3 nitrogen and oxygen atoms in total. The van der Waals surface area contributed by atoms with E-state index in [0.717, 1.165) is 0 Å². The molecule has 5 heteroatoms. The summed E-state index contributed by atoms with van der Waals surface area (Å²) in [4.78, 5) is 11.5. The number of nitrogens with zero attached hydrogens (tertiary/aromatic N) is 1. The summed E-state index contributed by atoms with van der Waals surface area (Å²) < 4.78 is 0. The molecule has 1 N–H and O–H groups in total. The Balaban J connectivity index is 3.54. The van der Waals surface area contributed by atoms with Crippen LogP contribution < -0.4 is 0 Å². The first-order valence-corrected chi connectivity index (χ1v) is 5.23. The van der Waals surface area contributed by atoms with E-state index in [-0.39, 0.29) is 11.1 Å². The number of rotatable bonds is 2. The topological polar surface area (TPSA) is 61.1 Å². The highest BCUT2D eigenvalue weighted by molar-refractivity contribution is 9.08. The van der Waals surface area contributed by atoms with Crippen molar-refractivity contribution < 1.29 is 9.90 Å². The lowest BCUT2D eigenvalue weighted by Crippen LogP contribution is -2.05. The van der Waals surface area contributed by atoms with Crippen LogP contribution in [-0.2, 0) is 5.33 Å². The van der Waals surface area contributed by atoms with E-state index in [9.17, 15) is 4.79 Å². The fourth-order valence-corrected chi connectivity index (χ4v) is 2.17. The monoisotopic (exact) mass is 271 g/mol. The molecule has 0 fully saturated rings. The number of nitriles is 1. The quantitative estimate of drug-likeness (QED) is 0.642. The Labute approximate surface area is 94.9 Å². The van der Waals surface area contributed by atoms with Crippen LogP contribution in [0.4, 0.5) is 0 Å². The Hall–Kier alpha value is -0.990. The Kier molecular flexibility index (Phi) is 3.55. The van der Waals surface area contributed by atoms with E-state index < -0.39 is 5.97 Å². The normalized spacial score (nSPS) is 9.50. The first-order chi connectivity index (χ1) is 6.61. The van der Waals surface area contributed by atoms with E-state index >= 15 is 0 Å². The van der Waals surface area contributed by atoms with Crippen LogP contribution in [0.2, 0.25) is 0 Å². The van der Waals surface area contributed by atoms with E-state index in [2.05, 4.69) is 28.6 Å². The number of alkyl halides is 1. The van der Waals surface area contributed by atoms with Crippen molar-refractivity contribution in [1.82, 2.24) is 0 Å². The molecular weight excluding hydrogens is 266 g/mol. The lowest BCUT2D eigenvalue weighted by molar-refractivity contribution is 0.0695. The second-order valence-corrected chi connectivity index (χ2v) is 3.58. The van der Waals surface area contributed by atoms with Gasteiger partial charge in [0.05, 0.1) is 11.1 Å². The summed E-state index contributed by atoms with van der Waals surface area (Å²) in [6, 6.07) is 4.92. The van der Waals surface area contributed by atoms with Crippen molar-refractivity contribution >= 4 is 34.5 Å². The fraction of sp³-hybridized carbons (Fsp3) is 0.111. The zero-order chi connectivity index (χ0) is 10.7. The largest absolute Gasteiger partial charge is 0.478 e. The zero-order valence-electron chi connectivity index (χ0n) is 6.99. The predicted molar refractivity (Wildman–Crippen MR) is 58.0 cm³/mol. The third kappa shape index (κ3) is 1.91. The molecule has 0 bridgehead atoms. The number of carbonyl (C=O) groups is 1. The van der Waals surface area contributed by atoms with Crippen LogP contribution in [-0.4, -0.2) is 11.1 Å². The van der Waals surface area contributed by atoms with Crippen LogP contribution in [0.5, 0.6) is 0 Å². The summed E-state index contributed by atoms with van der Waals surface area (Å²) >= 11 is 7.29. The minimum absolute atomic E-state index is 0.0249. The number of thiol groups is 1. The van der Waals surface area contributed by atoms with Gasteiger partial charge in [-0.1, -0.05) is 15.9 Å². The van der Waals surface area contributed by atoms with Crippen LogP contribution in [0.25, 0.3) is 0 Å². The van der Waals surface area contributed by atoms with Crippen LogP contribution in [0, 0.1) is 11.3 Å². The second kappa shape index (κ2) is 4.49. The molecule has 0 aliphatic carbocycles. The first-order valence-electron chi connectivity index (χ1n) is 3.66. The number of carboxylic acids is 1. The maximum absolute atomic E-state index is 10.9. The minimum atomic E-state index is -1.10. The lowest BCUT2D eigenvalue weighted by atomic mass is 10.0. The second-order valence-electron chi connectivity index (χ2n) is 2.54. The number of aromatic carboxylic acids is 1. The third-order valence-electron chi connectivity index (χ3n) is 1.76. The molecule has 0 unspecified atom stereocenters. The van der Waals surface area contributed by atoms with Gasteiger partial charge in [0.15, 0.2) is 0 Å². The number of benzene rings is 1. The molecule has 0 atom stereocenters. The summed E-state index contributed by atoms with van der Waals surface area (Å²) in [5, 5.41) is 18.0. The molecule has 0 spiro atoms. The van der Waals surface area contributed by atoms with Crippen molar-refractivity contribution in [3.05, 3.63) is 28.8 Å². The minimum Gasteiger partial charge on any atom is -0.478 e. The zero-order valence-corrected chi connectivity index (χ0v) is 9.47. The maximum Gasteiger partial charge on any atom is 0.337 e. The fourth-order valence-electron chi connectivity index (χ4n) is 1.11. The van der Waals surface area contributed by atoms with E-state index in [1.54, 1.807) is 6.07 Å². The van der Waals surface area contributed by atoms with Crippen molar-refractivity contribution in [3.63, 3.8) is 0 Å². The molecular formula is C9H6BrNO2S. The Morgan fingerprint density at radius 2 is 2.29 bits per heavy atom. The average Bonchev–Trinajstić information content (AvgIpc) is 2.17. The highest BCUT2D eigenvalue weighted by Crippen LogP contribution is 2.24. The summed E-state index contributed by atoms with van der Waals surface area (Å²) in [5.74, 6) is -1.10. The molecule has 0 aliphatic heterocycles. The smallest absolute Gasteiger partial charge is 0.337 e. The lowest BCUT2D eigenvalue weighted by Gasteiger charge is -2.07. The molecule has 14 heavy (non-hydrogen) atoms. The highest BCUT2D eigenvalue weighted by Gasteiger charge is 2.16. The van der Waals surface area contributed by atoms with Gasteiger partial charge in [-0.25, -0.2) is 4.79 Å². The van der Waals surface area contributed by atoms with Crippen molar-refractivity contribution in [1.29, 1.82) is 5.26 Å². The van der Waals surface area contributed by atoms with Crippen molar-refractivity contribution in [2.24, 2.45) is 0 Å². The molecule has 1 aromatic rings. The average molecular weight is 272 g/mol. The van der Waals surface area contributed by atoms with Gasteiger partial charge < -0.3 is 5.11 Å². The van der Waals surface area contributed by atoms with Crippen LogP contribution in [0.15, 0.2) is 17.0 Å². The van der Waals surface area contributed by atoms with Gasteiger partial charge in [-0.3, -0.25) is 0 Å². The molecule has 72 valence electrons. The van der Waals surface area contributed by atoms with E-state index in [1.165, 1.54) is 6.07 Å². The van der Waals surface area contributed by atoms with Crippen LogP contribution in [0.1, 0.15) is 21.5 Å². The highest BCUT2D eigenvalue weighted by atomic mass is 79.9. The van der Waals surface area contributed by atoms with Gasteiger partial charge in [0, 0.05) is 10.2 Å². The molecule has 0 radical (unpaired) electrons. The van der Waals surface area contributed by atoms with Gasteiger partial charge in [0.1, 0.15) is 6.07 Å². The Morgan fingerprint density at radius 1 is 1.64 bits per heavy atom. The number of carboxylic acid groups (broad SMARTS) is 1. The van der Waals surface area contributed by atoms with Gasteiger partial charge in [-0.15, -0.1) is 12.6 Å². The van der Waals surface area contributed by atoms with Crippen molar-refractivity contribution in [2.75, 3.05) is 0 Å². The first kappa shape index (κ1) is 11.1. The summed E-state index contributed by atoms with van der Waals surface area (Å²) in [6.07, 6.45) is 0. The van der Waals surface area contributed by atoms with Crippen LogP contribution >= 0.6 is 28.6 Å². The van der Waals surface area contributed by atoms with E-state index in [1.807, 2.05) is 6.07 Å². The molecule has 0 saturated carbocycles. The van der Waals surface area contributed by atoms with Gasteiger partial charge in [-0.2, -0.15) is 5.26 Å². The molecule has 0 aliphatic rings. The summed E-state index contributed by atoms with van der Waals surface area (Å²) in [6.45, 7) is 0. The number of hydrogen-bond donors (Lipinski definition) is 2. The van der Waals surface area contributed by atoms with Gasteiger partial charge in [-0.05, 0) is 17.7 Å². The standard InChI is InChI=1S/C9H6BrNO2S/c10-3-6-7(14)2-1-5(4-11)8(6)9(12)13/h1-2,14H,3H2,(H,12,13). The number of hydrogen-bond acceptors (Lipinski definition) is 3. The Morgan fingerprint density at radius 3 is 2.71 bits per heavy atom. The van der Waals surface area contributed by atoms with E-state index in [4.69, 9.17) is 10.4 Å². The molecule has 0 heterocycles. The maximum atomic E-state index is 10.9. The summed E-state index contributed by atoms with van der Waals surface area (Å²) in [7, 11) is 0. The predicted octanol–water partition coefficient (Wildman–Crippen LogP) is 2.44. The van der Waals surface area contributed by atoms with E-state index in [0.29, 0.717) is 15.8 Å². The van der Waals surface area contributed by atoms with Crippen molar-refractivity contribution in [3.8, 4) is 6.07 Å². The molecule has 0 aromatic heterocycles. The van der Waals surface area contributed by atoms with Gasteiger partial charge in [0.25, 0.3) is 0 Å². The van der Waals surface area contributed by atoms with Crippen molar-refractivity contribution in [2.45, 2.75) is 10.2 Å². The molecule has 1 aromatic carbocycles. The third-order valence-corrected chi connectivity index (χ3v) is 2.74. The number of halogens is 1. The van der Waals surface area contributed by atoms with Gasteiger partial charge in [0.2, 0.25) is 0 Å².